The fraction of sp³-hybridized carbons (Fsp3) is 0.259. The number of hydrogen-bond donors (Lipinski definition) is 0. The standard InChI is InChI=1S/C54H52O2/c1-36(34-53(55-6)47-24-14-10-20-42(47)43-21-11-15-25-48(43)53)18-8-7-9-19-39-35-54(49-26-16-12-22-44(49)45-23-13-17-27-50(45)54)56-51-31-30-41(33-46(39)51)52(4,5)40-29-28-37(2)38(3)32-40/h10-17,20-35H,7-9,18-19H2,1-6H3/b36-34+. The van der Waals surface area contributed by atoms with Crippen LogP contribution in [0.15, 0.2) is 151 Å². The Morgan fingerprint density at radius 3 is 1.73 bits per heavy atom. The van der Waals surface area contributed by atoms with Gasteiger partial charge in [-0.05, 0) is 121 Å². The zero-order valence-electron chi connectivity index (χ0n) is 33.7. The van der Waals surface area contributed by atoms with Crippen LogP contribution in [0.2, 0.25) is 0 Å². The molecule has 0 aromatic heterocycles. The topological polar surface area (TPSA) is 18.5 Å². The van der Waals surface area contributed by atoms with Gasteiger partial charge >= 0.3 is 0 Å². The summed E-state index contributed by atoms with van der Waals surface area (Å²) in [7, 11) is 1.85. The van der Waals surface area contributed by atoms with Gasteiger partial charge in [0.05, 0.1) is 0 Å². The van der Waals surface area contributed by atoms with Crippen molar-refractivity contribution in [1.29, 1.82) is 0 Å². The van der Waals surface area contributed by atoms with Crippen LogP contribution in [0.1, 0.15) is 103 Å². The van der Waals surface area contributed by atoms with Gasteiger partial charge in [0, 0.05) is 40.3 Å². The van der Waals surface area contributed by atoms with Crippen molar-refractivity contribution in [3.63, 3.8) is 0 Å². The molecule has 2 aliphatic carbocycles. The Bertz CT molecular complexity index is 2450. The van der Waals surface area contributed by atoms with E-state index in [9.17, 15) is 0 Å². The fourth-order valence-electron chi connectivity index (χ4n) is 9.76. The molecule has 0 saturated heterocycles. The van der Waals surface area contributed by atoms with E-state index in [-0.39, 0.29) is 5.41 Å². The van der Waals surface area contributed by atoms with E-state index >= 15 is 0 Å². The van der Waals surface area contributed by atoms with E-state index in [0.29, 0.717) is 0 Å². The summed E-state index contributed by atoms with van der Waals surface area (Å²) in [5, 5.41) is 0. The maximum Gasteiger partial charge on any atom is 0.179 e. The van der Waals surface area contributed by atoms with E-state index < -0.39 is 11.2 Å². The van der Waals surface area contributed by atoms with Crippen molar-refractivity contribution in [3.8, 4) is 28.0 Å². The summed E-state index contributed by atoms with van der Waals surface area (Å²) in [6.45, 7) is 11.4. The molecular weight excluding hydrogens is 681 g/mol. The first-order valence-electron chi connectivity index (χ1n) is 20.4. The van der Waals surface area contributed by atoms with E-state index in [1.54, 1.807) is 0 Å². The first-order chi connectivity index (χ1) is 27.2. The van der Waals surface area contributed by atoms with Crippen LogP contribution in [0.5, 0.6) is 5.75 Å². The lowest BCUT2D eigenvalue weighted by Gasteiger charge is -2.37. The first kappa shape index (κ1) is 36.2. The SMILES string of the molecule is COC1(/C=C(\C)CCCCCC2=CC3(Oc4ccc(C(C)(C)c5ccc(C)c(C)c5)cc42)c2ccccc2-c2ccccc23)c2ccccc2-c2ccccc21. The summed E-state index contributed by atoms with van der Waals surface area (Å²) in [5.41, 5.74) is 17.9. The van der Waals surface area contributed by atoms with Gasteiger partial charge in [0.1, 0.15) is 11.4 Å². The molecule has 0 unspecified atom stereocenters. The minimum absolute atomic E-state index is 0.163. The Hall–Kier alpha value is -5.44. The third-order valence-corrected chi connectivity index (χ3v) is 13.1. The third kappa shape index (κ3) is 5.72. The van der Waals surface area contributed by atoms with Crippen LogP contribution in [0.3, 0.4) is 0 Å². The van der Waals surface area contributed by atoms with Crippen molar-refractivity contribution in [2.45, 2.75) is 83.3 Å². The molecule has 0 N–H and O–H groups in total. The van der Waals surface area contributed by atoms with E-state index in [1.807, 2.05) is 7.11 Å². The predicted octanol–water partition coefficient (Wildman–Crippen LogP) is 13.8. The maximum atomic E-state index is 7.27. The van der Waals surface area contributed by atoms with Crippen molar-refractivity contribution in [2.75, 3.05) is 7.11 Å². The molecule has 1 spiro atoms. The summed E-state index contributed by atoms with van der Waals surface area (Å²) in [5.74, 6) is 0.967. The molecule has 0 fully saturated rings. The number of rotatable bonds is 10. The maximum absolute atomic E-state index is 7.27. The highest BCUT2D eigenvalue weighted by atomic mass is 16.5. The quantitative estimate of drug-likeness (QED) is 0.103. The monoisotopic (exact) mass is 732 g/mol. The molecule has 0 radical (unpaired) electrons. The number of allylic oxidation sites excluding steroid dienone is 2. The molecule has 56 heavy (non-hydrogen) atoms. The van der Waals surface area contributed by atoms with Gasteiger partial charge in [-0.15, -0.1) is 0 Å². The number of unbranched alkanes of at least 4 members (excludes halogenated alkanes) is 2. The van der Waals surface area contributed by atoms with Gasteiger partial charge in [-0.2, -0.15) is 0 Å². The lowest BCUT2D eigenvalue weighted by molar-refractivity contribution is 0.0685. The van der Waals surface area contributed by atoms with Gasteiger partial charge in [-0.1, -0.05) is 147 Å². The van der Waals surface area contributed by atoms with Crippen molar-refractivity contribution in [2.24, 2.45) is 0 Å². The summed E-state index contributed by atoms with van der Waals surface area (Å²) in [4.78, 5) is 0. The molecule has 1 aliphatic heterocycles. The number of fused-ring (bicyclic) bond motifs is 9. The van der Waals surface area contributed by atoms with Crippen LogP contribution in [0, 0.1) is 13.8 Å². The Labute approximate surface area is 333 Å². The fourth-order valence-corrected chi connectivity index (χ4v) is 9.76. The van der Waals surface area contributed by atoms with E-state index in [0.717, 1.165) is 37.9 Å². The normalized spacial score (nSPS) is 15.7. The number of ether oxygens (including phenoxy) is 2. The molecule has 6 aromatic carbocycles. The number of benzene rings is 6. The average Bonchev–Trinajstić information content (AvgIpc) is 3.65. The Morgan fingerprint density at radius 1 is 0.607 bits per heavy atom. The van der Waals surface area contributed by atoms with Crippen LogP contribution in [-0.2, 0) is 21.4 Å². The Balaban J connectivity index is 1.01. The van der Waals surface area contributed by atoms with Crippen molar-refractivity contribution >= 4 is 5.57 Å². The molecule has 9 rings (SSSR count). The summed E-state index contributed by atoms with van der Waals surface area (Å²) in [6.07, 6.45) is 10.2. The second-order valence-electron chi connectivity index (χ2n) is 16.8. The molecule has 3 aliphatic rings. The zero-order chi connectivity index (χ0) is 38.7. The van der Waals surface area contributed by atoms with Crippen LogP contribution < -0.4 is 4.74 Å². The molecule has 1 heterocycles. The van der Waals surface area contributed by atoms with E-state index in [1.165, 1.54) is 83.5 Å². The number of methoxy groups -OCH3 is 1. The highest BCUT2D eigenvalue weighted by molar-refractivity contribution is 5.86. The Kier molecular flexibility index (Phi) is 9.01. The van der Waals surface area contributed by atoms with Gasteiger partial charge in [0.2, 0.25) is 0 Å². The average molecular weight is 733 g/mol. The number of hydrogen-bond acceptors (Lipinski definition) is 2. The molecule has 2 heteroatoms. The molecule has 0 saturated carbocycles. The molecule has 280 valence electrons. The van der Waals surface area contributed by atoms with E-state index in [4.69, 9.17) is 9.47 Å². The largest absolute Gasteiger partial charge is 0.473 e. The minimum atomic E-state index is -0.651. The third-order valence-electron chi connectivity index (χ3n) is 13.1. The van der Waals surface area contributed by atoms with Crippen LogP contribution in [0.25, 0.3) is 27.8 Å². The lowest BCUT2D eigenvalue weighted by atomic mass is 9.75. The van der Waals surface area contributed by atoms with Crippen molar-refractivity contribution < 1.29 is 9.47 Å². The minimum Gasteiger partial charge on any atom is -0.473 e. The van der Waals surface area contributed by atoms with Gasteiger partial charge < -0.3 is 9.47 Å². The highest BCUT2D eigenvalue weighted by Crippen LogP contribution is 2.55. The molecule has 2 nitrogen and oxygen atoms in total. The van der Waals surface area contributed by atoms with Crippen LogP contribution >= 0.6 is 0 Å². The van der Waals surface area contributed by atoms with Crippen LogP contribution in [0.4, 0.5) is 0 Å². The highest BCUT2D eigenvalue weighted by Gasteiger charge is 2.47. The van der Waals surface area contributed by atoms with Gasteiger partial charge in [-0.3, -0.25) is 0 Å². The second-order valence-corrected chi connectivity index (χ2v) is 16.8. The molecule has 6 aromatic rings. The smallest absolute Gasteiger partial charge is 0.179 e. The van der Waals surface area contributed by atoms with Gasteiger partial charge in [-0.25, -0.2) is 0 Å². The van der Waals surface area contributed by atoms with Crippen LogP contribution in [-0.4, -0.2) is 7.11 Å². The second kappa shape index (κ2) is 13.9. The summed E-state index contributed by atoms with van der Waals surface area (Å²) in [6, 6.07) is 48.9. The summed E-state index contributed by atoms with van der Waals surface area (Å²) < 4.78 is 13.7. The Morgan fingerprint density at radius 2 is 1.14 bits per heavy atom. The van der Waals surface area contributed by atoms with E-state index in [2.05, 4.69) is 180 Å². The molecule has 0 atom stereocenters. The first-order valence-corrected chi connectivity index (χ1v) is 20.4. The summed E-state index contributed by atoms with van der Waals surface area (Å²) >= 11 is 0. The number of aryl methyl sites for hydroxylation is 2. The molecule has 0 bridgehead atoms. The molecule has 0 amide bonds. The predicted molar refractivity (Wildman–Crippen MR) is 232 cm³/mol. The van der Waals surface area contributed by atoms with Crippen molar-refractivity contribution in [3.05, 3.63) is 201 Å². The lowest BCUT2D eigenvalue weighted by Crippen LogP contribution is -2.33. The van der Waals surface area contributed by atoms with Gasteiger partial charge in [0.15, 0.2) is 5.60 Å². The zero-order valence-corrected chi connectivity index (χ0v) is 33.7. The molecular formula is C54H52O2. The van der Waals surface area contributed by atoms with Gasteiger partial charge in [0.25, 0.3) is 0 Å². The van der Waals surface area contributed by atoms with Crippen molar-refractivity contribution in [1.82, 2.24) is 0 Å².